The van der Waals surface area contributed by atoms with Crippen LogP contribution in [-0.2, 0) is 0 Å². The molecule has 0 saturated heterocycles. The molecule has 0 spiro atoms. The third kappa shape index (κ3) is 1.20. The van der Waals surface area contributed by atoms with Crippen LogP contribution in [0.4, 0.5) is 0 Å². The number of fused-ring (bicyclic) bond motifs is 1. The number of nitrogens with zero attached hydrogens (tertiary/aromatic N) is 2. The maximum atomic E-state index is 4.06. The summed E-state index contributed by atoms with van der Waals surface area (Å²) in [6, 6.07) is 0. The second-order valence-corrected chi connectivity index (χ2v) is 2.38. The molecule has 4 nitrogen and oxygen atoms in total. The highest BCUT2D eigenvalue weighted by Gasteiger charge is 2.05. The molecule has 2 rings (SSSR count). The molecule has 0 aromatic carbocycles. The standard InChI is InChI=1S/C6H8N4.C2H6/c1-3-5-6(10-7-3)4(2)8-9-5;1-2/h1-2H3,(H,7,10)(H,8,9);1-2H3. The van der Waals surface area contributed by atoms with Gasteiger partial charge in [0, 0.05) is 0 Å². The SMILES string of the molecule is CC.Cc1n[nH]c2c(C)[nH]nc12. The van der Waals surface area contributed by atoms with E-state index in [4.69, 9.17) is 0 Å². The molecule has 2 N–H and O–H groups in total. The van der Waals surface area contributed by atoms with Crippen molar-refractivity contribution < 1.29 is 0 Å². The monoisotopic (exact) mass is 166 g/mol. The minimum atomic E-state index is 0.942. The number of nitrogens with one attached hydrogen (secondary N) is 2. The van der Waals surface area contributed by atoms with Gasteiger partial charge in [-0.05, 0) is 13.8 Å². The lowest BCUT2D eigenvalue weighted by atomic mass is 10.3. The predicted octanol–water partition coefficient (Wildman–Crippen LogP) is 1.93. The fourth-order valence-corrected chi connectivity index (χ4v) is 1.02. The van der Waals surface area contributed by atoms with Gasteiger partial charge in [0.05, 0.1) is 11.4 Å². The molecule has 2 aromatic heterocycles. The average molecular weight is 166 g/mol. The van der Waals surface area contributed by atoms with Gasteiger partial charge in [0.2, 0.25) is 0 Å². The molecule has 0 aliphatic rings. The van der Waals surface area contributed by atoms with Crippen molar-refractivity contribution in [3.8, 4) is 0 Å². The fourth-order valence-electron chi connectivity index (χ4n) is 1.02. The van der Waals surface area contributed by atoms with Gasteiger partial charge < -0.3 is 0 Å². The summed E-state index contributed by atoms with van der Waals surface area (Å²) < 4.78 is 0. The van der Waals surface area contributed by atoms with Crippen LogP contribution in [0.15, 0.2) is 0 Å². The van der Waals surface area contributed by atoms with Gasteiger partial charge in [-0.2, -0.15) is 10.2 Å². The molecule has 2 aromatic rings. The zero-order chi connectivity index (χ0) is 9.14. The predicted molar refractivity (Wildman–Crippen MR) is 49.1 cm³/mol. The van der Waals surface area contributed by atoms with Crippen LogP contribution in [0.2, 0.25) is 0 Å². The van der Waals surface area contributed by atoms with Crippen LogP contribution in [0, 0.1) is 13.8 Å². The molecule has 12 heavy (non-hydrogen) atoms. The molecule has 66 valence electrons. The van der Waals surface area contributed by atoms with E-state index < -0.39 is 0 Å². The van der Waals surface area contributed by atoms with Crippen molar-refractivity contribution in [3.63, 3.8) is 0 Å². The molecular weight excluding hydrogens is 152 g/mol. The van der Waals surface area contributed by atoms with Crippen molar-refractivity contribution in [2.24, 2.45) is 0 Å². The molecule has 0 atom stereocenters. The van der Waals surface area contributed by atoms with Crippen molar-refractivity contribution in [1.29, 1.82) is 0 Å². The first kappa shape index (κ1) is 8.77. The van der Waals surface area contributed by atoms with Gasteiger partial charge in [-0.25, -0.2) is 0 Å². The summed E-state index contributed by atoms with van der Waals surface area (Å²) in [6.45, 7) is 7.89. The number of aromatic nitrogens is 4. The van der Waals surface area contributed by atoms with Gasteiger partial charge in [0.15, 0.2) is 0 Å². The van der Waals surface area contributed by atoms with Gasteiger partial charge in [-0.3, -0.25) is 10.2 Å². The van der Waals surface area contributed by atoms with Gasteiger partial charge in [-0.1, -0.05) is 13.8 Å². The van der Waals surface area contributed by atoms with Crippen molar-refractivity contribution in [2.45, 2.75) is 27.7 Å². The quantitative estimate of drug-likeness (QED) is 0.628. The summed E-state index contributed by atoms with van der Waals surface area (Å²) in [6.07, 6.45) is 0. The minimum Gasteiger partial charge on any atom is -0.280 e. The number of aromatic amines is 2. The maximum absolute atomic E-state index is 4.06. The van der Waals surface area contributed by atoms with Crippen LogP contribution in [0.25, 0.3) is 11.0 Å². The second-order valence-electron chi connectivity index (χ2n) is 2.38. The third-order valence-corrected chi connectivity index (χ3v) is 1.63. The van der Waals surface area contributed by atoms with Gasteiger partial charge in [-0.15, -0.1) is 0 Å². The maximum Gasteiger partial charge on any atom is 0.133 e. The average Bonchev–Trinajstić information content (AvgIpc) is 2.62. The minimum absolute atomic E-state index is 0.942. The molecule has 0 amide bonds. The molecule has 0 unspecified atom stereocenters. The van der Waals surface area contributed by atoms with Gasteiger partial charge in [0.1, 0.15) is 11.0 Å². The molecule has 4 heteroatoms. The topological polar surface area (TPSA) is 57.4 Å². The zero-order valence-corrected chi connectivity index (χ0v) is 7.89. The molecule has 0 aliphatic heterocycles. The van der Waals surface area contributed by atoms with Crippen LogP contribution >= 0.6 is 0 Å². The first-order chi connectivity index (χ1) is 5.79. The Balaban J connectivity index is 0.000000336. The molecule has 0 aliphatic carbocycles. The lowest BCUT2D eigenvalue weighted by Crippen LogP contribution is -1.76. The van der Waals surface area contributed by atoms with E-state index in [2.05, 4.69) is 20.4 Å². The summed E-state index contributed by atoms with van der Waals surface area (Å²) in [7, 11) is 0. The van der Waals surface area contributed by atoms with Crippen molar-refractivity contribution in [1.82, 2.24) is 20.4 Å². The summed E-state index contributed by atoms with van der Waals surface area (Å²) in [5.74, 6) is 0. The highest BCUT2D eigenvalue weighted by atomic mass is 15.2. The van der Waals surface area contributed by atoms with Crippen LogP contribution in [0.1, 0.15) is 25.2 Å². The van der Waals surface area contributed by atoms with Gasteiger partial charge >= 0.3 is 0 Å². The zero-order valence-electron chi connectivity index (χ0n) is 7.89. The van der Waals surface area contributed by atoms with Gasteiger partial charge in [0.25, 0.3) is 0 Å². The Morgan fingerprint density at radius 3 is 2.25 bits per heavy atom. The van der Waals surface area contributed by atoms with Crippen LogP contribution in [0.3, 0.4) is 0 Å². The van der Waals surface area contributed by atoms with Crippen LogP contribution in [-0.4, -0.2) is 20.4 Å². The molecule has 0 fully saturated rings. The Labute approximate surface area is 71.4 Å². The number of aryl methyl sites for hydroxylation is 2. The normalized spacial score (nSPS) is 9.67. The molecule has 0 radical (unpaired) electrons. The smallest absolute Gasteiger partial charge is 0.133 e. The summed E-state index contributed by atoms with van der Waals surface area (Å²) in [4.78, 5) is 0. The van der Waals surface area contributed by atoms with E-state index in [0.717, 1.165) is 22.4 Å². The Morgan fingerprint density at radius 2 is 1.67 bits per heavy atom. The largest absolute Gasteiger partial charge is 0.280 e. The molecular formula is C8H14N4. The lowest BCUT2D eigenvalue weighted by Gasteiger charge is -1.76. The summed E-state index contributed by atoms with van der Waals surface area (Å²) in [5.41, 5.74) is 3.94. The van der Waals surface area contributed by atoms with E-state index in [9.17, 15) is 0 Å². The highest BCUT2D eigenvalue weighted by molar-refractivity contribution is 5.78. The number of H-pyrrole nitrogens is 2. The number of rotatable bonds is 0. The second kappa shape index (κ2) is 3.38. The first-order valence-electron chi connectivity index (χ1n) is 4.14. The molecule has 0 saturated carbocycles. The van der Waals surface area contributed by atoms with E-state index in [0.29, 0.717) is 0 Å². The summed E-state index contributed by atoms with van der Waals surface area (Å²) in [5, 5.41) is 13.8. The Kier molecular flexibility index (Phi) is 2.47. The highest BCUT2D eigenvalue weighted by Crippen LogP contribution is 2.13. The number of hydrogen-bond acceptors (Lipinski definition) is 2. The van der Waals surface area contributed by atoms with Crippen molar-refractivity contribution >= 4 is 11.0 Å². The Hall–Kier alpha value is -1.32. The van der Waals surface area contributed by atoms with Crippen LogP contribution < -0.4 is 0 Å². The van der Waals surface area contributed by atoms with Crippen molar-refractivity contribution in [2.75, 3.05) is 0 Å². The van der Waals surface area contributed by atoms with E-state index in [1.807, 2.05) is 27.7 Å². The summed E-state index contributed by atoms with van der Waals surface area (Å²) >= 11 is 0. The van der Waals surface area contributed by atoms with Crippen molar-refractivity contribution in [3.05, 3.63) is 11.4 Å². The number of hydrogen-bond donors (Lipinski definition) is 2. The third-order valence-electron chi connectivity index (χ3n) is 1.63. The van der Waals surface area contributed by atoms with E-state index in [1.165, 1.54) is 0 Å². The fraction of sp³-hybridized carbons (Fsp3) is 0.500. The Bertz CT molecular complexity index is 322. The lowest BCUT2D eigenvalue weighted by molar-refractivity contribution is 1.01. The molecule has 0 bridgehead atoms. The van der Waals surface area contributed by atoms with E-state index >= 15 is 0 Å². The molecule has 2 heterocycles. The Morgan fingerprint density at radius 1 is 1.00 bits per heavy atom. The van der Waals surface area contributed by atoms with Crippen LogP contribution in [0.5, 0.6) is 0 Å². The van der Waals surface area contributed by atoms with E-state index in [-0.39, 0.29) is 0 Å². The first-order valence-corrected chi connectivity index (χ1v) is 4.14. The van der Waals surface area contributed by atoms with E-state index in [1.54, 1.807) is 0 Å².